The van der Waals surface area contributed by atoms with E-state index in [1.54, 1.807) is 13.3 Å². The smallest absolute Gasteiger partial charge is 0.152 e. The van der Waals surface area contributed by atoms with Gasteiger partial charge in [0, 0.05) is 17.1 Å². The van der Waals surface area contributed by atoms with Crippen molar-refractivity contribution in [3.05, 3.63) is 71.4 Å². The van der Waals surface area contributed by atoms with Crippen LogP contribution in [0.3, 0.4) is 0 Å². The zero-order valence-electron chi connectivity index (χ0n) is 13.9. The zero-order valence-corrected chi connectivity index (χ0v) is 13.9. The summed E-state index contributed by atoms with van der Waals surface area (Å²) in [5.74, 6) is 0.911. The number of aryl methyl sites for hydroxylation is 2. The second-order valence-corrected chi connectivity index (χ2v) is 5.89. The van der Waals surface area contributed by atoms with E-state index >= 15 is 0 Å². The molecule has 0 saturated carbocycles. The van der Waals surface area contributed by atoms with Crippen molar-refractivity contribution in [3.8, 4) is 5.75 Å². The highest BCUT2D eigenvalue weighted by Gasteiger charge is 2.06. The van der Waals surface area contributed by atoms with Crippen LogP contribution in [-0.2, 0) is 12.8 Å². The predicted octanol–water partition coefficient (Wildman–Crippen LogP) is 4.62. The van der Waals surface area contributed by atoms with E-state index in [1.807, 2.05) is 30.3 Å². The standard InChI is InChI=1S/C21H21NO2/c1-24-19-9-4-7-16(14-19)6-2-3-8-17-11-12-18(15-23)21-20(17)10-5-13-22-21/h4-5,7,9-15H,2-3,6,8H2,1H3. The first-order valence-corrected chi connectivity index (χ1v) is 8.26. The number of aldehydes is 1. The Labute approximate surface area is 142 Å². The molecule has 0 N–H and O–H groups in total. The molecule has 0 amide bonds. The van der Waals surface area contributed by atoms with Gasteiger partial charge in [0.2, 0.25) is 0 Å². The van der Waals surface area contributed by atoms with Crippen LogP contribution in [0.2, 0.25) is 0 Å². The van der Waals surface area contributed by atoms with E-state index < -0.39 is 0 Å². The molecule has 0 unspecified atom stereocenters. The van der Waals surface area contributed by atoms with E-state index in [0.29, 0.717) is 5.56 Å². The first kappa shape index (κ1) is 16.2. The Morgan fingerprint density at radius 1 is 1.04 bits per heavy atom. The molecule has 1 heterocycles. The monoisotopic (exact) mass is 319 g/mol. The fourth-order valence-corrected chi connectivity index (χ4v) is 3.04. The minimum Gasteiger partial charge on any atom is -0.497 e. The number of carbonyl (C=O) groups is 1. The number of hydrogen-bond donors (Lipinski definition) is 0. The van der Waals surface area contributed by atoms with Crippen molar-refractivity contribution in [2.75, 3.05) is 7.11 Å². The van der Waals surface area contributed by atoms with Crippen LogP contribution in [0, 0.1) is 0 Å². The van der Waals surface area contributed by atoms with Crippen LogP contribution in [0.5, 0.6) is 5.75 Å². The molecule has 0 atom stereocenters. The minimum atomic E-state index is 0.658. The third kappa shape index (κ3) is 3.62. The maximum atomic E-state index is 11.2. The molecule has 0 aliphatic carbocycles. The molecule has 24 heavy (non-hydrogen) atoms. The lowest BCUT2D eigenvalue weighted by molar-refractivity contribution is 0.112. The fourth-order valence-electron chi connectivity index (χ4n) is 3.04. The average Bonchev–Trinajstić information content (AvgIpc) is 2.65. The van der Waals surface area contributed by atoms with E-state index in [1.165, 1.54) is 11.1 Å². The van der Waals surface area contributed by atoms with Gasteiger partial charge in [0.25, 0.3) is 0 Å². The molecule has 0 saturated heterocycles. The largest absolute Gasteiger partial charge is 0.497 e. The van der Waals surface area contributed by atoms with Crippen molar-refractivity contribution >= 4 is 17.2 Å². The first-order valence-electron chi connectivity index (χ1n) is 8.26. The first-order chi connectivity index (χ1) is 11.8. The number of aromatic nitrogens is 1. The number of rotatable bonds is 7. The third-order valence-electron chi connectivity index (χ3n) is 4.31. The Bertz CT molecular complexity index is 842. The summed E-state index contributed by atoms with van der Waals surface area (Å²) in [6.07, 6.45) is 6.86. The molecule has 3 rings (SSSR count). The van der Waals surface area contributed by atoms with Crippen molar-refractivity contribution < 1.29 is 9.53 Å². The van der Waals surface area contributed by atoms with Gasteiger partial charge in [-0.1, -0.05) is 24.3 Å². The zero-order chi connectivity index (χ0) is 16.8. The van der Waals surface area contributed by atoms with Crippen LogP contribution in [0.25, 0.3) is 10.9 Å². The number of benzene rings is 2. The van der Waals surface area contributed by atoms with Gasteiger partial charge in [-0.25, -0.2) is 0 Å². The molecule has 0 aliphatic rings. The summed E-state index contributed by atoms with van der Waals surface area (Å²) in [7, 11) is 1.70. The van der Waals surface area contributed by atoms with Gasteiger partial charge < -0.3 is 4.74 Å². The highest BCUT2D eigenvalue weighted by molar-refractivity contribution is 5.96. The quantitative estimate of drug-likeness (QED) is 0.471. The maximum Gasteiger partial charge on any atom is 0.152 e. The van der Waals surface area contributed by atoms with Crippen LogP contribution >= 0.6 is 0 Å². The fraction of sp³-hybridized carbons (Fsp3) is 0.238. The van der Waals surface area contributed by atoms with Crippen molar-refractivity contribution in [2.24, 2.45) is 0 Å². The maximum absolute atomic E-state index is 11.2. The molecule has 3 heteroatoms. The number of hydrogen-bond acceptors (Lipinski definition) is 3. The number of pyridine rings is 1. The summed E-state index contributed by atoms with van der Waals surface area (Å²) in [6, 6.07) is 16.1. The summed E-state index contributed by atoms with van der Waals surface area (Å²) in [4.78, 5) is 15.5. The van der Waals surface area contributed by atoms with Gasteiger partial charge in [0.1, 0.15) is 5.75 Å². The lowest BCUT2D eigenvalue weighted by Crippen LogP contribution is -1.94. The summed E-state index contributed by atoms with van der Waals surface area (Å²) < 4.78 is 5.27. The Kier molecular flexibility index (Phi) is 5.22. The Morgan fingerprint density at radius 2 is 1.92 bits per heavy atom. The van der Waals surface area contributed by atoms with Crippen LogP contribution in [-0.4, -0.2) is 18.4 Å². The van der Waals surface area contributed by atoms with Gasteiger partial charge in [0.15, 0.2) is 6.29 Å². The van der Waals surface area contributed by atoms with Crippen molar-refractivity contribution in [3.63, 3.8) is 0 Å². The molecule has 2 aromatic carbocycles. The van der Waals surface area contributed by atoms with E-state index in [4.69, 9.17) is 4.74 Å². The molecule has 0 aliphatic heterocycles. The van der Waals surface area contributed by atoms with Crippen molar-refractivity contribution in [2.45, 2.75) is 25.7 Å². The van der Waals surface area contributed by atoms with Gasteiger partial charge in [-0.05, 0) is 61.1 Å². The van der Waals surface area contributed by atoms with E-state index in [2.05, 4.69) is 23.2 Å². The van der Waals surface area contributed by atoms with Crippen LogP contribution in [0.15, 0.2) is 54.7 Å². The summed E-state index contributed by atoms with van der Waals surface area (Å²) in [6.45, 7) is 0. The minimum absolute atomic E-state index is 0.658. The number of methoxy groups -OCH3 is 1. The van der Waals surface area contributed by atoms with Crippen molar-refractivity contribution in [1.29, 1.82) is 0 Å². The second kappa shape index (κ2) is 7.73. The molecule has 1 aromatic heterocycles. The lowest BCUT2D eigenvalue weighted by Gasteiger charge is -2.08. The molecule has 122 valence electrons. The molecule has 0 fully saturated rings. The number of fused-ring (bicyclic) bond motifs is 1. The number of unbranched alkanes of at least 4 members (excludes halogenated alkanes) is 1. The van der Waals surface area contributed by atoms with E-state index in [9.17, 15) is 4.79 Å². The Morgan fingerprint density at radius 3 is 2.75 bits per heavy atom. The van der Waals surface area contributed by atoms with E-state index in [0.717, 1.165) is 48.6 Å². The number of nitrogens with zero attached hydrogens (tertiary/aromatic N) is 1. The average molecular weight is 319 g/mol. The molecule has 0 radical (unpaired) electrons. The normalized spacial score (nSPS) is 10.7. The highest BCUT2D eigenvalue weighted by atomic mass is 16.5. The SMILES string of the molecule is COc1cccc(CCCCc2ccc(C=O)c3ncccc23)c1. The molecular formula is C21H21NO2. The van der Waals surface area contributed by atoms with Gasteiger partial charge in [0.05, 0.1) is 12.6 Å². The number of carbonyl (C=O) groups excluding carboxylic acids is 1. The van der Waals surface area contributed by atoms with Crippen LogP contribution in [0.4, 0.5) is 0 Å². The third-order valence-corrected chi connectivity index (χ3v) is 4.31. The molecule has 0 spiro atoms. The van der Waals surface area contributed by atoms with E-state index in [-0.39, 0.29) is 0 Å². The van der Waals surface area contributed by atoms with Gasteiger partial charge >= 0.3 is 0 Å². The molecular weight excluding hydrogens is 298 g/mol. The highest BCUT2D eigenvalue weighted by Crippen LogP contribution is 2.22. The lowest BCUT2D eigenvalue weighted by atomic mass is 9.98. The van der Waals surface area contributed by atoms with Gasteiger partial charge in [-0.15, -0.1) is 0 Å². The van der Waals surface area contributed by atoms with Crippen molar-refractivity contribution in [1.82, 2.24) is 4.98 Å². The Balaban J connectivity index is 1.65. The van der Waals surface area contributed by atoms with Gasteiger partial charge in [-0.2, -0.15) is 0 Å². The molecule has 3 aromatic rings. The summed E-state index contributed by atoms with van der Waals surface area (Å²) >= 11 is 0. The Hall–Kier alpha value is -2.68. The molecule has 3 nitrogen and oxygen atoms in total. The van der Waals surface area contributed by atoms with Crippen LogP contribution < -0.4 is 4.74 Å². The number of ether oxygens (including phenoxy) is 1. The predicted molar refractivity (Wildman–Crippen MR) is 96.8 cm³/mol. The van der Waals surface area contributed by atoms with Gasteiger partial charge in [-0.3, -0.25) is 9.78 Å². The topological polar surface area (TPSA) is 39.2 Å². The summed E-state index contributed by atoms with van der Waals surface area (Å²) in [5, 5.41) is 1.09. The molecule has 0 bridgehead atoms. The second-order valence-electron chi connectivity index (χ2n) is 5.89. The summed E-state index contributed by atoms with van der Waals surface area (Å²) in [5.41, 5.74) is 4.02. The van der Waals surface area contributed by atoms with Crippen LogP contribution in [0.1, 0.15) is 34.3 Å².